The van der Waals surface area contributed by atoms with E-state index in [9.17, 15) is 9.90 Å². The smallest absolute Gasteiger partial charge is 0.264 e. The van der Waals surface area contributed by atoms with Gasteiger partial charge in [0.25, 0.3) is 5.56 Å². The fraction of sp³-hybridized carbons (Fsp3) is 0.111. The van der Waals surface area contributed by atoms with Crippen LogP contribution in [-0.2, 0) is 0 Å². The standard InChI is InChI=1S/C9H8N4O2S2/c1-4-3-17-9(11-4)10-2-5-6(14)12-8(16)13-7(5)15/h2-3H,1H3,(H3,12,13,14,15,16)/b10-2+. The normalized spacial score (nSPS) is 11.1. The molecule has 2 rings (SSSR count). The van der Waals surface area contributed by atoms with Crippen molar-refractivity contribution in [3.63, 3.8) is 0 Å². The second-order valence-corrected chi connectivity index (χ2v) is 4.44. The van der Waals surface area contributed by atoms with Crippen molar-refractivity contribution in [2.75, 3.05) is 0 Å². The summed E-state index contributed by atoms with van der Waals surface area (Å²) in [5.74, 6) is -0.309. The summed E-state index contributed by atoms with van der Waals surface area (Å²) in [5.41, 5.74) is 0.377. The number of aromatic amines is 2. The molecule has 17 heavy (non-hydrogen) atoms. The Morgan fingerprint density at radius 1 is 1.59 bits per heavy atom. The number of nitrogens with one attached hydrogen (secondary N) is 2. The lowest BCUT2D eigenvalue weighted by Crippen LogP contribution is -2.13. The molecule has 88 valence electrons. The Morgan fingerprint density at radius 2 is 2.35 bits per heavy atom. The van der Waals surface area contributed by atoms with Crippen molar-refractivity contribution in [1.82, 2.24) is 15.0 Å². The molecule has 0 spiro atoms. The van der Waals surface area contributed by atoms with Crippen LogP contribution in [0.2, 0.25) is 0 Å². The first kappa shape index (κ1) is 11.7. The third-order valence-corrected chi connectivity index (χ3v) is 2.94. The Hall–Kier alpha value is -1.80. The lowest BCUT2D eigenvalue weighted by atomic mass is 10.3. The average Bonchev–Trinajstić information content (AvgIpc) is 2.62. The maximum atomic E-state index is 11.5. The van der Waals surface area contributed by atoms with Gasteiger partial charge in [0.1, 0.15) is 5.56 Å². The van der Waals surface area contributed by atoms with E-state index in [2.05, 4.69) is 19.9 Å². The lowest BCUT2D eigenvalue weighted by molar-refractivity contribution is 0.449. The molecule has 0 radical (unpaired) electrons. The second-order valence-electron chi connectivity index (χ2n) is 3.20. The quantitative estimate of drug-likeness (QED) is 0.570. The van der Waals surface area contributed by atoms with Crippen LogP contribution in [0.5, 0.6) is 5.88 Å². The molecule has 0 saturated heterocycles. The van der Waals surface area contributed by atoms with Gasteiger partial charge in [-0.15, -0.1) is 11.3 Å². The molecule has 0 saturated carbocycles. The van der Waals surface area contributed by atoms with Crippen molar-refractivity contribution >= 4 is 34.9 Å². The molecule has 2 aromatic rings. The van der Waals surface area contributed by atoms with E-state index in [0.29, 0.717) is 5.13 Å². The van der Waals surface area contributed by atoms with Crippen LogP contribution in [0.15, 0.2) is 15.2 Å². The molecule has 2 aromatic heterocycles. The molecule has 8 heteroatoms. The zero-order valence-electron chi connectivity index (χ0n) is 8.72. The third kappa shape index (κ3) is 2.66. The Kier molecular flexibility index (Phi) is 3.16. The Balaban J connectivity index is 2.40. The van der Waals surface area contributed by atoms with Gasteiger partial charge in [-0.25, -0.2) is 9.98 Å². The van der Waals surface area contributed by atoms with Gasteiger partial charge < -0.3 is 10.1 Å². The molecule has 0 aliphatic heterocycles. The molecule has 2 heterocycles. The van der Waals surface area contributed by atoms with E-state index in [1.165, 1.54) is 17.6 Å². The topological polar surface area (TPSA) is 94.1 Å². The molecule has 3 N–H and O–H groups in total. The number of hydrogen-bond acceptors (Lipinski definition) is 6. The fourth-order valence-corrected chi connectivity index (χ4v) is 1.95. The van der Waals surface area contributed by atoms with Gasteiger partial charge in [-0.05, 0) is 19.1 Å². The Morgan fingerprint density at radius 3 is 2.94 bits per heavy atom. The fourth-order valence-electron chi connectivity index (χ4n) is 1.12. The molecular formula is C9H8N4O2S2. The first-order valence-corrected chi connectivity index (χ1v) is 5.87. The highest BCUT2D eigenvalue weighted by Crippen LogP contribution is 2.18. The molecule has 0 aliphatic rings. The predicted molar refractivity (Wildman–Crippen MR) is 68.0 cm³/mol. The first-order chi connectivity index (χ1) is 8.06. The van der Waals surface area contributed by atoms with E-state index in [1.54, 1.807) is 0 Å². The number of nitrogens with zero attached hydrogens (tertiary/aromatic N) is 2. The molecule has 0 aromatic carbocycles. The van der Waals surface area contributed by atoms with Crippen molar-refractivity contribution in [3.8, 4) is 5.88 Å². The van der Waals surface area contributed by atoms with Gasteiger partial charge in [0, 0.05) is 11.6 Å². The SMILES string of the molecule is Cc1csc(/N=C/c2c(O)[nH]c(=S)[nH]c2=O)n1. The number of rotatable bonds is 2. The Labute approximate surface area is 105 Å². The van der Waals surface area contributed by atoms with Crippen LogP contribution in [0.1, 0.15) is 11.3 Å². The van der Waals surface area contributed by atoms with Crippen LogP contribution in [0, 0.1) is 11.7 Å². The van der Waals surface area contributed by atoms with Crippen molar-refractivity contribution in [1.29, 1.82) is 0 Å². The van der Waals surface area contributed by atoms with Crippen LogP contribution in [0.25, 0.3) is 0 Å². The number of aryl methyl sites for hydroxylation is 1. The second kappa shape index (κ2) is 4.60. The minimum absolute atomic E-state index is 0.0199. The minimum Gasteiger partial charge on any atom is -0.494 e. The number of aliphatic imine (C=N–C) groups is 1. The molecular weight excluding hydrogens is 260 g/mol. The summed E-state index contributed by atoms with van der Waals surface area (Å²) in [5, 5.41) is 11.9. The number of aromatic hydroxyl groups is 1. The molecule has 6 nitrogen and oxygen atoms in total. The van der Waals surface area contributed by atoms with Crippen LogP contribution in [0.4, 0.5) is 5.13 Å². The summed E-state index contributed by atoms with van der Waals surface area (Å²) in [6, 6.07) is 0. The summed E-state index contributed by atoms with van der Waals surface area (Å²) in [6.07, 6.45) is 1.25. The number of aromatic nitrogens is 3. The van der Waals surface area contributed by atoms with Crippen LogP contribution < -0.4 is 5.56 Å². The highest BCUT2D eigenvalue weighted by molar-refractivity contribution is 7.71. The van der Waals surface area contributed by atoms with Crippen molar-refractivity contribution in [3.05, 3.63) is 31.8 Å². The zero-order chi connectivity index (χ0) is 12.4. The summed E-state index contributed by atoms with van der Waals surface area (Å²) in [4.78, 5) is 24.4. The third-order valence-electron chi connectivity index (χ3n) is 1.87. The highest BCUT2D eigenvalue weighted by atomic mass is 32.1. The van der Waals surface area contributed by atoms with Gasteiger partial charge in [-0.3, -0.25) is 9.78 Å². The van der Waals surface area contributed by atoms with E-state index in [-0.39, 0.29) is 16.2 Å². The molecule has 0 fully saturated rings. The number of hydrogen-bond donors (Lipinski definition) is 3. The lowest BCUT2D eigenvalue weighted by Gasteiger charge is -1.95. The Bertz CT molecular complexity index is 683. The first-order valence-electron chi connectivity index (χ1n) is 4.58. The van der Waals surface area contributed by atoms with Gasteiger partial charge in [0.2, 0.25) is 11.0 Å². The number of H-pyrrole nitrogens is 2. The van der Waals surface area contributed by atoms with Crippen molar-refractivity contribution in [2.45, 2.75) is 6.92 Å². The predicted octanol–water partition coefficient (Wildman–Crippen LogP) is 1.65. The molecule has 0 unspecified atom stereocenters. The molecule has 0 aliphatic carbocycles. The summed E-state index contributed by atoms with van der Waals surface area (Å²) >= 11 is 6.05. The van der Waals surface area contributed by atoms with Gasteiger partial charge in [-0.2, -0.15) is 0 Å². The summed E-state index contributed by atoms with van der Waals surface area (Å²) in [7, 11) is 0. The van der Waals surface area contributed by atoms with Gasteiger partial charge in [0.05, 0.1) is 5.69 Å². The van der Waals surface area contributed by atoms with Gasteiger partial charge in [0.15, 0.2) is 4.77 Å². The van der Waals surface area contributed by atoms with Crippen LogP contribution in [-0.4, -0.2) is 26.3 Å². The van der Waals surface area contributed by atoms with E-state index < -0.39 is 5.56 Å². The minimum atomic E-state index is -0.497. The van der Waals surface area contributed by atoms with E-state index >= 15 is 0 Å². The van der Waals surface area contributed by atoms with E-state index in [1.807, 2.05) is 12.3 Å². The molecule has 0 bridgehead atoms. The average molecular weight is 268 g/mol. The molecule has 0 atom stereocenters. The van der Waals surface area contributed by atoms with Crippen LogP contribution in [0.3, 0.4) is 0 Å². The van der Waals surface area contributed by atoms with Crippen LogP contribution >= 0.6 is 23.6 Å². The zero-order valence-corrected chi connectivity index (χ0v) is 10.4. The maximum absolute atomic E-state index is 11.5. The summed E-state index contributed by atoms with van der Waals surface area (Å²) < 4.78 is 0.0646. The van der Waals surface area contributed by atoms with Crippen molar-refractivity contribution in [2.24, 2.45) is 4.99 Å². The maximum Gasteiger partial charge on any atom is 0.264 e. The highest BCUT2D eigenvalue weighted by Gasteiger charge is 2.04. The summed E-state index contributed by atoms with van der Waals surface area (Å²) in [6.45, 7) is 1.85. The van der Waals surface area contributed by atoms with Gasteiger partial charge >= 0.3 is 0 Å². The molecule has 0 amide bonds. The monoisotopic (exact) mass is 268 g/mol. The largest absolute Gasteiger partial charge is 0.494 e. The number of thiazole rings is 1. The van der Waals surface area contributed by atoms with E-state index in [4.69, 9.17) is 12.2 Å². The van der Waals surface area contributed by atoms with Crippen molar-refractivity contribution < 1.29 is 5.11 Å². The van der Waals surface area contributed by atoms with E-state index in [0.717, 1.165) is 5.69 Å². The van der Waals surface area contributed by atoms with Gasteiger partial charge in [-0.1, -0.05) is 0 Å².